The van der Waals surface area contributed by atoms with Gasteiger partial charge in [0.25, 0.3) is 0 Å². The Hall–Kier alpha value is -1.96. The Morgan fingerprint density at radius 1 is 1.56 bits per heavy atom. The molecular formula is C8H9NO7. The molecule has 1 aliphatic rings. The van der Waals surface area contributed by atoms with Gasteiger partial charge in [-0.15, -0.1) is 0 Å². The second-order valence-electron chi connectivity index (χ2n) is 2.91. The van der Waals surface area contributed by atoms with Crippen molar-refractivity contribution in [2.75, 3.05) is 7.11 Å². The van der Waals surface area contributed by atoms with Crippen molar-refractivity contribution in [1.82, 2.24) is 0 Å². The van der Waals surface area contributed by atoms with E-state index in [0.29, 0.717) is 0 Å². The average Bonchev–Trinajstić information content (AvgIpc) is 2.61. The third-order valence-corrected chi connectivity index (χ3v) is 1.75. The number of rotatable bonds is 3. The van der Waals surface area contributed by atoms with Crippen molar-refractivity contribution in [3.8, 4) is 0 Å². The third kappa shape index (κ3) is 2.16. The molecule has 8 nitrogen and oxygen atoms in total. The van der Waals surface area contributed by atoms with Crippen LogP contribution in [0.15, 0.2) is 12.2 Å². The van der Waals surface area contributed by atoms with Gasteiger partial charge in [0.15, 0.2) is 0 Å². The van der Waals surface area contributed by atoms with Gasteiger partial charge < -0.3 is 9.47 Å². The Morgan fingerprint density at radius 3 is 2.56 bits per heavy atom. The first-order valence-corrected chi connectivity index (χ1v) is 4.20. The van der Waals surface area contributed by atoms with Gasteiger partial charge >= 0.3 is 24.0 Å². The summed E-state index contributed by atoms with van der Waals surface area (Å²) in [7, 11) is 1.05. The van der Waals surface area contributed by atoms with Gasteiger partial charge in [0.05, 0.1) is 12.0 Å². The lowest BCUT2D eigenvalue weighted by Crippen LogP contribution is -2.44. The highest BCUT2D eigenvalue weighted by molar-refractivity contribution is 5.84. The number of carbonyl (C=O) groups excluding carboxylic acids is 2. The fourth-order valence-electron chi connectivity index (χ4n) is 1.15. The molecule has 0 unspecified atom stereocenters. The number of carbonyl (C=O) groups is 2. The minimum atomic E-state index is -2.15. The van der Waals surface area contributed by atoms with Crippen molar-refractivity contribution in [2.45, 2.75) is 18.9 Å². The van der Waals surface area contributed by atoms with Gasteiger partial charge in [0, 0.05) is 19.1 Å². The fraction of sp³-hybridized carbons (Fsp3) is 0.500. The minimum Gasteiger partial charge on any atom is -0.464 e. The maximum Gasteiger partial charge on any atom is 0.384 e. The standard InChI is InChI=1S/C8H9NO7/c1-5(10)15-8(7(11)14-2)4-3-6(16-8)9(12)13/h3-4,6H,1-2H3/t6-,8-/m1/s1. The Balaban J connectivity index is 2.93. The predicted octanol–water partition coefficient (Wildman–Crippen LogP) is -0.392. The van der Waals surface area contributed by atoms with E-state index in [1.807, 2.05) is 0 Å². The lowest BCUT2D eigenvalue weighted by atomic mass is 10.3. The lowest BCUT2D eigenvalue weighted by molar-refractivity contribution is -0.568. The molecule has 8 heteroatoms. The van der Waals surface area contributed by atoms with E-state index in [2.05, 4.69) is 9.47 Å². The quantitative estimate of drug-likeness (QED) is 0.282. The summed E-state index contributed by atoms with van der Waals surface area (Å²) in [6.07, 6.45) is 0.437. The number of methoxy groups -OCH3 is 1. The summed E-state index contributed by atoms with van der Waals surface area (Å²) in [6, 6.07) is 0. The molecular weight excluding hydrogens is 222 g/mol. The van der Waals surface area contributed by atoms with Crippen molar-refractivity contribution in [3.63, 3.8) is 0 Å². The second kappa shape index (κ2) is 4.27. The molecule has 0 aromatic rings. The summed E-state index contributed by atoms with van der Waals surface area (Å²) in [4.78, 5) is 31.8. The van der Waals surface area contributed by atoms with Crippen molar-refractivity contribution in [3.05, 3.63) is 22.3 Å². The van der Waals surface area contributed by atoms with Gasteiger partial charge in [-0.25, -0.2) is 4.79 Å². The summed E-state index contributed by atoms with van der Waals surface area (Å²) in [5, 5.41) is 10.4. The zero-order chi connectivity index (χ0) is 12.3. The molecule has 0 aromatic heterocycles. The third-order valence-electron chi connectivity index (χ3n) is 1.75. The predicted molar refractivity (Wildman–Crippen MR) is 47.5 cm³/mol. The van der Waals surface area contributed by atoms with Crippen LogP contribution in [0.2, 0.25) is 0 Å². The van der Waals surface area contributed by atoms with Crippen LogP contribution >= 0.6 is 0 Å². The Kier molecular flexibility index (Phi) is 3.23. The summed E-state index contributed by atoms with van der Waals surface area (Å²) < 4.78 is 13.7. The molecule has 0 bridgehead atoms. The van der Waals surface area contributed by atoms with Gasteiger partial charge in [-0.05, 0) is 0 Å². The molecule has 0 amide bonds. The molecule has 0 N–H and O–H groups in total. The molecule has 1 heterocycles. The van der Waals surface area contributed by atoms with Crippen LogP contribution in [-0.2, 0) is 23.8 Å². The summed E-state index contributed by atoms with van der Waals surface area (Å²) in [5.41, 5.74) is 0. The molecule has 16 heavy (non-hydrogen) atoms. The van der Waals surface area contributed by atoms with E-state index in [9.17, 15) is 19.7 Å². The van der Waals surface area contributed by atoms with E-state index in [4.69, 9.17) is 4.74 Å². The monoisotopic (exact) mass is 231 g/mol. The molecule has 0 fully saturated rings. The molecule has 0 aromatic carbocycles. The average molecular weight is 231 g/mol. The highest BCUT2D eigenvalue weighted by Gasteiger charge is 2.51. The van der Waals surface area contributed by atoms with E-state index in [0.717, 1.165) is 26.2 Å². The zero-order valence-corrected chi connectivity index (χ0v) is 8.54. The van der Waals surface area contributed by atoms with Crippen LogP contribution in [0, 0.1) is 10.1 Å². The van der Waals surface area contributed by atoms with Crippen LogP contribution < -0.4 is 0 Å². The van der Waals surface area contributed by atoms with Gasteiger partial charge in [0.1, 0.15) is 0 Å². The number of ether oxygens (including phenoxy) is 3. The van der Waals surface area contributed by atoms with E-state index >= 15 is 0 Å². The smallest absolute Gasteiger partial charge is 0.384 e. The van der Waals surface area contributed by atoms with E-state index in [-0.39, 0.29) is 0 Å². The molecule has 2 atom stereocenters. The first-order valence-electron chi connectivity index (χ1n) is 4.20. The summed E-state index contributed by atoms with van der Waals surface area (Å²) in [6.45, 7) is 1.04. The summed E-state index contributed by atoms with van der Waals surface area (Å²) >= 11 is 0. The van der Waals surface area contributed by atoms with Gasteiger partial charge in [-0.2, -0.15) is 0 Å². The molecule has 1 rings (SSSR count). The molecule has 0 aliphatic carbocycles. The molecule has 0 spiro atoms. The number of nitro groups is 1. The van der Waals surface area contributed by atoms with Gasteiger partial charge in [0.2, 0.25) is 0 Å². The van der Waals surface area contributed by atoms with E-state index < -0.39 is 28.9 Å². The van der Waals surface area contributed by atoms with Crippen LogP contribution in [0.25, 0.3) is 0 Å². The van der Waals surface area contributed by atoms with Crippen molar-refractivity contribution in [2.24, 2.45) is 0 Å². The van der Waals surface area contributed by atoms with E-state index in [1.165, 1.54) is 0 Å². The van der Waals surface area contributed by atoms with Gasteiger partial charge in [-0.1, -0.05) is 0 Å². The number of esters is 2. The van der Waals surface area contributed by atoms with Crippen LogP contribution in [0.5, 0.6) is 0 Å². The Labute approximate surface area is 89.9 Å². The normalized spacial score (nSPS) is 27.5. The maximum atomic E-state index is 11.3. The SMILES string of the molecule is COC(=O)[C@@]1(OC(C)=O)C=C[C@H]([N+](=O)[O-])O1. The van der Waals surface area contributed by atoms with Crippen LogP contribution in [0.1, 0.15) is 6.92 Å². The van der Waals surface area contributed by atoms with E-state index in [1.54, 1.807) is 0 Å². The van der Waals surface area contributed by atoms with Crippen molar-refractivity contribution in [1.29, 1.82) is 0 Å². The molecule has 1 aliphatic heterocycles. The molecule has 88 valence electrons. The zero-order valence-electron chi connectivity index (χ0n) is 8.54. The topological polar surface area (TPSA) is 105 Å². The first kappa shape index (κ1) is 12.1. The summed E-state index contributed by atoms with van der Waals surface area (Å²) in [5.74, 6) is -4.01. The molecule has 0 saturated carbocycles. The van der Waals surface area contributed by atoms with Crippen LogP contribution in [0.4, 0.5) is 0 Å². The fourth-order valence-corrected chi connectivity index (χ4v) is 1.15. The second-order valence-corrected chi connectivity index (χ2v) is 2.91. The molecule has 0 radical (unpaired) electrons. The molecule has 0 saturated heterocycles. The largest absolute Gasteiger partial charge is 0.464 e. The number of nitrogens with zero attached hydrogens (tertiary/aromatic N) is 1. The Morgan fingerprint density at radius 2 is 2.19 bits per heavy atom. The maximum absolute atomic E-state index is 11.3. The first-order chi connectivity index (χ1) is 7.41. The van der Waals surface area contributed by atoms with Crippen LogP contribution in [0.3, 0.4) is 0 Å². The van der Waals surface area contributed by atoms with Crippen LogP contribution in [-0.4, -0.2) is 36.0 Å². The Bertz CT molecular complexity index is 363. The van der Waals surface area contributed by atoms with Crippen molar-refractivity contribution >= 4 is 11.9 Å². The number of hydrogen-bond donors (Lipinski definition) is 0. The highest BCUT2D eigenvalue weighted by atomic mass is 16.8. The van der Waals surface area contributed by atoms with Gasteiger partial charge in [-0.3, -0.25) is 19.6 Å². The highest BCUT2D eigenvalue weighted by Crippen LogP contribution is 2.26. The van der Waals surface area contributed by atoms with Crippen molar-refractivity contribution < 1.29 is 28.7 Å². The number of hydrogen-bond acceptors (Lipinski definition) is 7. The lowest BCUT2D eigenvalue weighted by Gasteiger charge is -2.22. The minimum absolute atomic E-state index is 0.773.